The average Bonchev–Trinajstić information content (AvgIpc) is 3.32. The molecule has 28 heavy (non-hydrogen) atoms. The number of nitrogens with two attached hydrogens (primary N) is 1. The SMILES string of the molecule is NC(=O)N(c1cccc(Cl)c1)c1ncc(CCNc2ncnc3ccsc23)s1. The lowest BCUT2D eigenvalue weighted by atomic mass is 10.3. The minimum Gasteiger partial charge on any atom is -0.368 e. The van der Waals surface area contributed by atoms with Gasteiger partial charge >= 0.3 is 6.03 Å². The molecule has 10 heteroatoms. The van der Waals surface area contributed by atoms with Crippen LogP contribution in [0, 0.1) is 0 Å². The van der Waals surface area contributed by atoms with Crippen molar-refractivity contribution in [1.82, 2.24) is 15.0 Å². The van der Waals surface area contributed by atoms with Gasteiger partial charge in [-0.15, -0.1) is 22.7 Å². The summed E-state index contributed by atoms with van der Waals surface area (Å²) in [5, 5.41) is 6.36. The zero-order chi connectivity index (χ0) is 19.5. The van der Waals surface area contributed by atoms with E-state index in [1.807, 2.05) is 11.4 Å². The average molecular weight is 431 g/mol. The molecule has 0 atom stereocenters. The van der Waals surface area contributed by atoms with Crippen LogP contribution in [-0.2, 0) is 6.42 Å². The Morgan fingerprint density at radius 2 is 2.14 bits per heavy atom. The fourth-order valence-corrected chi connectivity index (χ4v) is 4.61. The molecular formula is C18H15ClN6OS2. The van der Waals surface area contributed by atoms with E-state index >= 15 is 0 Å². The number of thiophene rings is 1. The van der Waals surface area contributed by atoms with Crippen LogP contribution < -0.4 is 16.0 Å². The van der Waals surface area contributed by atoms with Gasteiger partial charge in [-0.05, 0) is 29.6 Å². The van der Waals surface area contributed by atoms with Gasteiger partial charge in [-0.25, -0.2) is 24.6 Å². The monoisotopic (exact) mass is 430 g/mol. The van der Waals surface area contributed by atoms with Gasteiger partial charge in [0.15, 0.2) is 5.13 Å². The van der Waals surface area contributed by atoms with Crippen LogP contribution in [0.25, 0.3) is 10.2 Å². The Hall–Kier alpha value is -2.75. The molecule has 0 saturated carbocycles. The highest BCUT2D eigenvalue weighted by atomic mass is 35.5. The summed E-state index contributed by atoms with van der Waals surface area (Å²) in [6, 6.07) is 8.30. The number of primary amides is 1. The first-order valence-corrected chi connectivity index (χ1v) is 10.4. The molecular weight excluding hydrogens is 416 g/mol. The summed E-state index contributed by atoms with van der Waals surface area (Å²) in [6.45, 7) is 0.680. The lowest BCUT2D eigenvalue weighted by molar-refractivity contribution is 0.256. The lowest BCUT2D eigenvalue weighted by Crippen LogP contribution is -2.31. The molecule has 0 radical (unpaired) electrons. The van der Waals surface area contributed by atoms with Crippen molar-refractivity contribution in [2.45, 2.75) is 6.42 Å². The first kappa shape index (κ1) is 18.6. The van der Waals surface area contributed by atoms with Crippen LogP contribution in [0.3, 0.4) is 0 Å². The highest BCUT2D eigenvalue weighted by Crippen LogP contribution is 2.31. The van der Waals surface area contributed by atoms with Gasteiger partial charge in [0.2, 0.25) is 0 Å². The molecule has 0 aliphatic carbocycles. The third-order valence-electron chi connectivity index (χ3n) is 3.93. The zero-order valence-corrected chi connectivity index (χ0v) is 16.9. The number of halogens is 1. The Morgan fingerprint density at radius 3 is 2.96 bits per heavy atom. The fourth-order valence-electron chi connectivity index (χ4n) is 2.68. The first-order valence-electron chi connectivity index (χ1n) is 8.34. The highest BCUT2D eigenvalue weighted by Gasteiger charge is 2.19. The van der Waals surface area contributed by atoms with Crippen molar-refractivity contribution in [2.24, 2.45) is 5.73 Å². The van der Waals surface area contributed by atoms with Gasteiger partial charge in [-0.2, -0.15) is 0 Å². The Balaban J connectivity index is 1.46. The molecule has 1 aromatic carbocycles. The number of carbonyl (C=O) groups excluding carboxylic acids is 1. The van der Waals surface area contributed by atoms with E-state index < -0.39 is 6.03 Å². The summed E-state index contributed by atoms with van der Waals surface area (Å²) in [5.74, 6) is 0.822. The maximum Gasteiger partial charge on any atom is 0.325 e. The van der Waals surface area contributed by atoms with Crippen LogP contribution >= 0.6 is 34.3 Å². The second-order valence-electron chi connectivity index (χ2n) is 5.80. The molecule has 0 aliphatic rings. The van der Waals surface area contributed by atoms with Crippen LogP contribution in [0.1, 0.15) is 4.88 Å². The summed E-state index contributed by atoms with van der Waals surface area (Å²) in [7, 11) is 0. The topological polar surface area (TPSA) is 97.0 Å². The predicted molar refractivity (Wildman–Crippen MR) is 115 cm³/mol. The van der Waals surface area contributed by atoms with Crippen molar-refractivity contribution in [1.29, 1.82) is 0 Å². The summed E-state index contributed by atoms with van der Waals surface area (Å²) >= 11 is 9.05. The number of carbonyl (C=O) groups is 1. The number of fused-ring (bicyclic) bond motifs is 1. The van der Waals surface area contributed by atoms with E-state index in [0.717, 1.165) is 27.3 Å². The molecule has 3 N–H and O–H groups in total. The number of hydrogen-bond donors (Lipinski definition) is 2. The van der Waals surface area contributed by atoms with Gasteiger partial charge in [0.05, 0.1) is 15.9 Å². The largest absolute Gasteiger partial charge is 0.368 e. The molecule has 4 aromatic rings. The summed E-state index contributed by atoms with van der Waals surface area (Å²) in [6.07, 6.45) is 4.04. The van der Waals surface area contributed by atoms with E-state index in [2.05, 4.69) is 20.3 Å². The number of benzene rings is 1. The van der Waals surface area contributed by atoms with Crippen LogP contribution in [0.4, 0.5) is 21.4 Å². The van der Waals surface area contributed by atoms with Crippen molar-refractivity contribution in [2.75, 3.05) is 16.8 Å². The molecule has 142 valence electrons. The highest BCUT2D eigenvalue weighted by molar-refractivity contribution is 7.17. The molecule has 0 spiro atoms. The number of nitrogens with zero attached hydrogens (tertiary/aromatic N) is 4. The Morgan fingerprint density at radius 1 is 1.25 bits per heavy atom. The second-order valence-corrected chi connectivity index (χ2v) is 8.24. The number of thiazole rings is 1. The number of hydrogen-bond acceptors (Lipinski definition) is 7. The Bertz CT molecular complexity index is 1130. The normalized spacial score (nSPS) is 10.9. The number of aromatic nitrogens is 3. The van der Waals surface area contributed by atoms with Gasteiger partial charge in [-0.3, -0.25) is 0 Å². The number of anilines is 3. The molecule has 3 aromatic heterocycles. The van der Waals surface area contributed by atoms with Gasteiger partial charge in [-0.1, -0.05) is 17.7 Å². The van der Waals surface area contributed by atoms with Crippen LogP contribution in [-0.4, -0.2) is 27.5 Å². The predicted octanol–water partition coefficient (Wildman–Crippen LogP) is 4.67. The van der Waals surface area contributed by atoms with Crippen molar-refractivity contribution in [3.8, 4) is 0 Å². The Kier molecular flexibility index (Phi) is 5.38. The minimum atomic E-state index is -0.609. The Labute approximate surface area is 173 Å². The first-order chi connectivity index (χ1) is 13.6. The van der Waals surface area contributed by atoms with Gasteiger partial charge in [0.25, 0.3) is 0 Å². The van der Waals surface area contributed by atoms with Crippen molar-refractivity contribution < 1.29 is 4.79 Å². The van der Waals surface area contributed by atoms with E-state index in [4.69, 9.17) is 17.3 Å². The molecule has 7 nitrogen and oxygen atoms in total. The van der Waals surface area contributed by atoms with E-state index in [9.17, 15) is 4.79 Å². The van der Waals surface area contributed by atoms with Crippen LogP contribution in [0.15, 0.2) is 48.2 Å². The zero-order valence-electron chi connectivity index (χ0n) is 14.5. The molecule has 0 aliphatic heterocycles. The fraction of sp³-hybridized carbons (Fsp3) is 0.111. The maximum absolute atomic E-state index is 12.0. The van der Waals surface area contributed by atoms with E-state index in [-0.39, 0.29) is 0 Å². The number of nitrogens with one attached hydrogen (secondary N) is 1. The second kappa shape index (κ2) is 8.09. The summed E-state index contributed by atoms with van der Waals surface area (Å²) < 4.78 is 1.04. The smallest absolute Gasteiger partial charge is 0.325 e. The molecule has 4 rings (SSSR count). The maximum atomic E-state index is 12.0. The number of amides is 2. The van der Waals surface area contributed by atoms with Crippen LogP contribution in [0.5, 0.6) is 0 Å². The summed E-state index contributed by atoms with van der Waals surface area (Å²) in [5.41, 5.74) is 7.08. The van der Waals surface area contributed by atoms with Crippen molar-refractivity contribution >= 4 is 67.2 Å². The number of urea groups is 1. The molecule has 3 heterocycles. The van der Waals surface area contributed by atoms with Crippen LogP contribution in [0.2, 0.25) is 5.02 Å². The summed E-state index contributed by atoms with van der Waals surface area (Å²) in [4.78, 5) is 27.2. The van der Waals surface area contributed by atoms with Crippen molar-refractivity contribution in [3.63, 3.8) is 0 Å². The standard InChI is InChI=1S/C18H15ClN6OS2/c19-11-2-1-3-12(8-11)25(17(20)26)18-22-9-13(28-18)4-6-21-16-15-14(5-7-27-15)23-10-24-16/h1-3,5,7-10H,4,6H2,(H2,20,26)(H,21,23,24). The lowest BCUT2D eigenvalue weighted by Gasteiger charge is -2.17. The quantitative estimate of drug-likeness (QED) is 0.463. The van der Waals surface area contributed by atoms with Crippen molar-refractivity contribution in [3.05, 3.63) is 58.1 Å². The van der Waals surface area contributed by atoms with Gasteiger partial charge < -0.3 is 11.1 Å². The third-order valence-corrected chi connectivity index (χ3v) is 6.11. The molecule has 0 saturated heterocycles. The van der Waals surface area contributed by atoms with E-state index in [1.54, 1.807) is 48.1 Å². The van der Waals surface area contributed by atoms with Gasteiger partial charge in [0.1, 0.15) is 12.1 Å². The molecule has 0 fully saturated rings. The minimum absolute atomic E-state index is 0.507. The molecule has 0 bridgehead atoms. The molecule has 2 amide bonds. The van der Waals surface area contributed by atoms with E-state index in [0.29, 0.717) is 22.4 Å². The molecule has 0 unspecified atom stereocenters. The van der Waals surface area contributed by atoms with E-state index in [1.165, 1.54) is 16.2 Å². The third kappa shape index (κ3) is 3.91. The number of rotatable bonds is 6. The van der Waals surface area contributed by atoms with Gasteiger partial charge in [0, 0.05) is 29.1 Å².